The third-order valence-electron chi connectivity index (χ3n) is 2.58. The van der Waals surface area contributed by atoms with Gasteiger partial charge in [0.25, 0.3) is 0 Å². The van der Waals surface area contributed by atoms with Gasteiger partial charge in [0.1, 0.15) is 5.75 Å². The first-order valence-corrected chi connectivity index (χ1v) is 6.44. The Bertz CT molecular complexity index is 491. The highest BCUT2D eigenvalue weighted by Crippen LogP contribution is 2.26. The highest BCUT2D eigenvalue weighted by molar-refractivity contribution is 7.08. The van der Waals surface area contributed by atoms with Gasteiger partial charge < -0.3 is 4.74 Å². The van der Waals surface area contributed by atoms with E-state index in [4.69, 9.17) is 4.74 Å². The summed E-state index contributed by atoms with van der Waals surface area (Å²) in [5.74, 6) is 0.891. The van der Waals surface area contributed by atoms with Gasteiger partial charge >= 0.3 is 0 Å². The number of benzene rings is 1. The molecule has 17 heavy (non-hydrogen) atoms. The Morgan fingerprint density at radius 1 is 1.29 bits per heavy atom. The average Bonchev–Trinajstić information content (AvgIpc) is 2.89. The van der Waals surface area contributed by atoms with E-state index in [0.717, 1.165) is 16.9 Å². The highest BCUT2D eigenvalue weighted by atomic mass is 32.1. The molecule has 2 rings (SSSR count). The number of aliphatic imine (C=N–C) groups is 1. The molecule has 2 nitrogen and oxygen atoms in total. The molecule has 0 amide bonds. The minimum atomic E-state index is 0.103. The van der Waals surface area contributed by atoms with E-state index in [0.29, 0.717) is 0 Å². The molecule has 0 aliphatic carbocycles. The summed E-state index contributed by atoms with van der Waals surface area (Å²) in [5, 5.41) is 4.13. The molecule has 2 aromatic rings. The number of hydrogen-bond acceptors (Lipinski definition) is 3. The van der Waals surface area contributed by atoms with Gasteiger partial charge in [-0.25, -0.2) is 0 Å². The van der Waals surface area contributed by atoms with E-state index in [-0.39, 0.29) is 6.04 Å². The molecule has 1 aromatic carbocycles. The second-order valence-corrected chi connectivity index (χ2v) is 4.53. The van der Waals surface area contributed by atoms with Gasteiger partial charge in [0.15, 0.2) is 0 Å². The third kappa shape index (κ3) is 2.94. The van der Waals surface area contributed by atoms with Crippen LogP contribution < -0.4 is 4.74 Å². The Balaban J connectivity index is 2.17. The number of para-hydroxylation sites is 1. The quantitative estimate of drug-likeness (QED) is 0.748. The lowest BCUT2D eigenvalue weighted by molar-refractivity contribution is 0.407. The van der Waals surface area contributed by atoms with Crippen molar-refractivity contribution < 1.29 is 4.74 Å². The molecule has 1 aromatic heterocycles. The highest BCUT2D eigenvalue weighted by Gasteiger charge is 2.08. The van der Waals surface area contributed by atoms with Gasteiger partial charge in [-0.1, -0.05) is 18.2 Å². The van der Waals surface area contributed by atoms with Crippen molar-refractivity contribution in [3.8, 4) is 5.75 Å². The van der Waals surface area contributed by atoms with Crippen LogP contribution in [0.15, 0.2) is 46.1 Å². The van der Waals surface area contributed by atoms with Crippen LogP contribution in [0.4, 0.5) is 0 Å². The smallest absolute Gasteiger partial charge is 0.124 e. The predicted molar refractivity (Wildman–Crippen MR) is 73.3 cm³/mol. The molecule has 0 saturated heterocycles. The lowest BCUT2D eigenvalue weighted by atomic mass is 10.1. The normalized spacial score (nSPS) is 12.8. The summed E-state index contributed by atoms with van der Waals surface area (Å²) in [5.41, 5.74) is 2.26. The molecule has 0 radical (unpaired) electrons. The molecule has 1 unspecified atom stereocenters. The standard InChI is InChI=1S/C14H15NOS/c1-11(15-9-12-7-8-17-10-12)13-5-3-4-6-14(13)16-2/h3-11H,1-2H3. The number of rotatable bonds is 4. The van der Waals surface area contributed by atoms with E-state index >= 15 is 0 Å². The van der Waals surface area contributed by atoms with Crippen LogP contribution in [-0.2, 0) is 0 Å². The molecular weight excluding hydrogens is 230 g/mol. The van der Waals surface area contributed by atoms with Crippen LogP contribution in [0, 0.1) is 0 Å². The second kappa shape index (κ2) is 5.64. The summed E-state index contributed by atoms with van der Waals surface area (Å²) in [6.45, 7) is 2.07. The molecule has 88 valence electrons. The zero-order valence-electron chi connectivity index (χ0n) is 9.96. The molecule has 1 atom stereocenters. The van der Waals surface area contributed by atoms with Crippen molar-refractivity contribution in [1.82, 2.24) is 0 Å². The van der Waals surface area contributed by atoms with Crippen molar-refractivity contribution in [2.24, 2.45) is 4.99 Å². The van der Waals surface area contributed by atoms with Crippen LogP contribution in [0.2, 0.25) is 0 Å². The maximum Gasteiger partial charge on any atom is 0.124 e. The monoisotopic (exact) mass is 245 g/mol. The van der Waals surface area contributed by atoms with Crippen molar-refractivity contribution in [3.05, 3.63) is 52.2 Å². The zero-order valence-corrected chi connectivity index (χ0v) is 10.8. The van der Waals surface area contributed by atoms with Gasteiger partial charge in [0.05, 0.1) is 13.2 Å². The van der Waals surface area contributed by atoms with Crippen molar-refractivity contribution in [2.45, 2.75) is 13.0 Å². The van der Waals surface area contributed by atoms with Crippen molar-refractivity contribution in [2.75, 3.05) is 7.11 Å². The molecule has 1 heterocycles. The fourth-order valence-electron chi connectivity index (χ4n) is 1.64. The average molecular weight is 245 g/mol. The Labute approximate surface area is 106 Å². The van der Waals surface area contributed by atoms with Gasteiger partial charge in [0.2, 0.25) is 0 Å². The summed E-state index contributed by atoms with van der Waals surface area (Å²) in [7, 11) is 1.69. The molecule has 0 spiro atoms. The maximum atomic E-state index is 5.33. The van der Waals surface area contributed by atoms with E-state index in [1.807, 2.05) is 24.4 Å². The maximum absolute atomic E-state index is 5.33. The Kier molecular flexibility index (Phi) is 3.94. The molecule has 0 aliphatic rings. The van der Waals surface area contributed by atoms with Crippen molar-refractivity contribution >= 4 is 17.6 Å². The van der Waals surface area contributed by atoms with E-state index in [1.165, 1.54) is 0 Å². The van der Waals surface area contributed by atoms with Crippen LogP contribution in [0.25, 0.3) is 0 Å². The van der Waals surface area contributed by atoms with Crippen LogP contribution in [-0.4, -0.2) is 13.3 Å². The fourth-order valence-corrected chi connectivity index (χ4v) is 2.25. The summed E-state index contributed by atoms with van der Waals surface area (Å²) in [6, 6.07) is 10.2. The summed E-state index contributed by atoms with van der Waals surface area (Å²) in [6.07, 6.45) is 1.91. The Morgan fingerprint density at radius 2 is 2.12 bits per heavy atom. The third-order valence-corrected chi connectivity index (χ3v) is 3.28. The molecule has 0 aliphatic heterocycles. The summed E-state index contributed by atoms with van der Waals surface area (Å²) >= 11 is 1.68. The zero-order chi connectivity index (χ0) is 12.1. The molecule has 0 fully saturated rings. The van der Waals surface area contributed by atoms with E-state index in [9.17, 15) is 0 Å². The molecule has 0 saturated carbocycles. The molecule has 3 heteroatoms. The SMILES string of the molecule is COc1ccccc1C(C)N=Cc1ccsc1. The van der Waals surface area contributed by atoms with Gasteiger partial charge in [-0.05, 0) is 29.8 Å². The topological polar surface area (TPSA) is 21.6 Å². The molecule has 0 bridgehead atoms. The summed E-state index contributed by atoms with van der Waals surface area (Å²) in [4.78, 5) is 4.55. The van der Waals surface area contributed by atoms with Gasteiger partial charge in [-0.2, -0.15) is 11.3 Å². The fraction of sp³-hybridized carbons (Fsp3) is 0.214. The Morgan fingerprint density at radius 3 is 2.82 bits per heavy atom. The molecule has 0 N–H and O–H groups in total. The van der Waals surface area contributed by atoms with E-state index in [1.54, 1.807) is 18.4 Å². The minimum Gasteiger partial charge on any atom is -0.496 e. The first-order chi connectivity index (χ1) is 8.31. The van der Waals surface area contributed by atoms with Gasteiger partial charge in [0, 0.05) is 17.3 Å². The van der Waals surface area contributed by atoms with Crippen molar-refractivity contribution in [3.63, 3.8) is 0 Å². The number of methoxy groups -OCH3 is 1. The second-order valence-electron chi connectivity index (χ2n) is 3.75. The lowest BCUT2D eigenvalue weighted by Crippen LogP contribution is -1.95. The minimum absolute atomic E-state index is 0.103. The molecular formula is C14H15NOS. The van der Waals surface area contributed by atoms with E-state index in [2.05, 4.69) is 34.8 Å². The van der Waals surface area contributed by atoms with Crippen LogP contribution >= 0.6 is 11.3 Å². The number of hydrogen-bond donors (Lipinski definition) is 0. The Hall–Kier alpha value is -1.61. The number of nitrogens with zero attached hydrogens (tertiary/aromatic N) is 1. The van der Waals surface area contributed by atoms with Crippen molar-refractivity contribution in [1.29, 1.82) is 0 Å². The van der Waals surface area contributed by atoms with Crippen LogP contribution in [0.3, 0.4) is 0 Å². The number of thiophene rings is 1. The van der Waals surface area contributed by atoms with Crippen LogP contribution in [0.5, 0.6) is 5.75 Å². The van der Waals surface area contributed by atoms with Crippen LogP contribution in [0.1, 0.15) is 24.1 Å². The van der Waals surface area contributed by atoms with E-state index < -0.39 is 0 Å². The largest absolute Gasteiger partial charge is 0.496 e. The summed E-state index contributed by atoms with van der Waals surface area (Å²) < 4.78 is 5.33. The first-order valence-electron chi connectivity index (χ1n) is 5.49. The lowest BCUT2D eigenvalue weighted by Gasteiger charge is -2.11. The van der Waals surface area contributed by atoms with Gasteiger partial charge in [-0.3, -0.25) is 4.99 Å². The van der Waals surface area contributed by atoms with Gasteiger partial charge in [-0.15, -0.1) is 0 Å². The number of ether oxygens (including phenoxy) is 1. The predicted octanol–water partition coefficient (Wildman–Crippen LogP) is 3.94. The first kappa shape index (κ1) is 11.9.